The first-order chi connectivity index (χ1) is 5.75. The van der Waals surface area contributed by atoms with Crippen LogP contribution < -0.4 is 11.5 Å². The van der Waals surface area contributed by atoms with Gasteiger partial charge < -0.3 is 11.5 Å². The summed E-state index contributed by atoms with van der Waals surface area (Å²) < 4.78 is 0. The smallest absolute Gasteiger partial charge is 0.211 e. The van der Waals surface area contributed by atoms with Crippen LogP contribution in [0.4, 0.5) is 0 Å². The van der Waals surface area contributed by atoms with Crippen molar-refractivity contribution in [2.45, 2.75) is 25.7 Å². The molecule has 2 rings (SSSR count). The molecule has 4 heteroatoms. The molecule has 2 saturated carbocycles. The molecule has 0 spiro atoms. The lowest BCUT2D eigenvalue weighted by atomic mass is 9.99. The number of hydrogen-bond acceptors (Lipinski definition) is 2. The number of nitrogens with two attached hydrogens (primary N) is 2. The molecule has 0 heterocycles. The summed E-state index contributed by atoms with van der Waals surface area (Å²) in [5.41, 5.74) is 11.6. The van der Waals surface area contributed by atoms with Gasteiger partial charge in [0, 0.05) is 5.71 Å². The zero-order valence-corrected chi connectivity index (χ0v) is 7.03. The lowest BCUT2D eigenvalue weighted by molar-refractivity contribution is 0.591. The van der Waals surface area contributed by atoms with Crippen molar-refractivity contribution < 1.29 is 0 Å². The molecule has 2 unspecified atom stereocenters. The van der Waals surface area contributed by atoms with Crippen LogP contribution in [0.5, 0.6) is 0 Å². The van der Waals surface area contributed by atoms with Gasteiger partial charge in [-0.05, 0) is 37.5 Å². The van der Waals surface area contributed by atoms with Crippen LogP contribution in [-0.4, -0.2) is 11.7 Å². The van der Waals surface area contributed by atoms with Crippen molar-refractivity contribution in [1.82, 2.24) is 0 Å². The van der Waals surface area contributed by atoms with Crippen LogP contribution in [0, 0.1) is 11.8 Å². The fraction of sp³-hybridized carbons (Fsp3) is 0.750. The molecule has 12 heavy (non-hydrogen) atoms. The highest BCUT2D eigenvalue weighted by molar-refractivity contribution is 5.90. The Labute approximate surface area is 71.7 Å². The van der Waals surface area contributed by atoms with E-state index in [1.165, 1.54) is 25.0 Å². The van der Waals surface area contributed by atoms with Crippen molar-refractivity contribution in [3.8, 4) is 0 Å². The molecule has 4 nitrogen and oxygen atoms in total. The molecular formula is C8H14N4. The second-order valence-electron chi connectivity index (χ2n) is 3.70. The fourth-order valence-corrected chi connectivity index (χ4v) is 2.27. The Morgan fingerprint density at radius 3 is 2.67 bits per heavy atom. The van der Waals surface area contributed by atoms with E-state index >= 15 is 0 Å². The quantitative estimate of drug-likeness (QED) is 0.337. The highest BCUT2D eigenvalue weighted by Crippen LogP contribution is 2.42. The lowest BCUT2D eigenvalue weighted by Crippen LogP contribution is -2.22. The minimum Gasteiger partial charge on any atom is -0.369 e. The molecule has 0 saturated heterocycles. The molecule has 0 aromatic carbocycles. The molecule has 0 aromatic rings. The molecular weight excluding hydrogens is 152 g/mol. The number of guanidine groups is 1. The average Bonchev–Trinajstić information content (AvgIpc) is 2.60. The third kappa shape index (κ3) is 1.29. The normalized spacial score (nSPS) is 35.8. The summed E-state index contributed by atoms with van der Waals surface area (Å²) in [6.45, 7) is 0. The van der Waals surface area contributed by atoms with Gasteiger partial charge in [0.05, 0.1) is 0 Å². The monoisotopic (exact) mass is 166 g/mol. The molecule has 4 N–H and O–H groups in total. The first-order valence-corrected chi connectivity index (χ1v) is 4.41. The van der Waals surface area contributed by atoms with Gasteiger partial charge in [-0.1, -0.05) is 0 Å². The zero-order chi connectivity index (χ0) is 8.55. The van der Waals surface area contributed by atoms with E-state index in [-0.39, 0.29) is 5.96 Å². The molecule has 2 aliphatic rings. The first kappa shape index (κ1) is 7.58. The van der Waals surface area contributed by atoms with Crippen molar-refractivity contribution in [2.24, 2.45) is 33.5 Å². The number of nitrogens with zero attached hydrogens (tertiary/aromatic N) is 2. The summed E-state index contributed by atoms with van der Waals surface area (Å²) in [5.74, 6) is 1.60. The van der Waals surface area contributed by atoms with Crippen molar-refractivity contribution in [1.29, 1.82) is 0 Å². The van der Waals surface area contributed by atoms with Gasteiger partial charge in [-0.2, -0.15) is 5.10 Å². The van der Waals surface area contributed by atoms with E-state index in [0.29, 0.717) is 5.92 Å². The molecule has 2 fully saturated rings. The van der Waals surface area contributed by atoms with Crippen LogP contribution in [-0.2, 0) is 0 Å². The van der Waals surface area contributed by atoms with E-state index in [4.69, 9.17) is 11.5 Å². The van der Waals surface area contributed by atoms with Crippen LogP contribution in [0.3, 0.4) is 0 Å². The Balaban J connectivity index is 2.07. The van der Waals surface area contributed by atoms with Crippen molar-refractivity contribution >= 4 is 11.7 Å². The van der Waals surface area contributed by atoms with E-state index < -0.39 is 0 Å². The third-order valence-corrected chi connectivity index (χ3v) is 2.80. The highest BCUT2D eigenvalue weighted by Gasteiger charge is 2.36. The summed E-state index contributed by atoms with van der Waals surface area (Å²) in [4.78, 5) is 0. The molecule has 2 atom stereocenters. The average molecular weight is 166 g/mol. The molecule has 0 radical (unpaired) electrons. The van der Waals surface area contributed by atoms with Gasteiger partial charge in [0.25, 0.3) is 0 Å². The summed E-state index contributed by atoms with van der Waals surface area (Å²) in [6.07, 6.45) is 5.06. The summed E-state index contributed by atoms with van der Waals surface area (Å²) in [5, 5.41) is 7.75. The Bertz CT molecular complexity index is 239. The SMILES string of the molecule is NC(N)=N/N=C1\CC2CCC1C2. The van der Waals surface area contributed by atoms with Gasteiger partial charge in [0.15, 0.2) is 0 Å². The van der Waals surface area contributed by atoms with E-state index in [1.807, 2.05) is 0 Å². The zero-order valence-electron chi connectivity index (χ0n) is 7.03. The van der Waals surface area contributed by atoms with Gasteiger partial charge >= 0.3 is 0 Å². The lowest BCUT2D eigenvalue weighted by Gasteiger charge is -2.09. The van der Waals surface area contributed by atoms with Crippen LogP contribution in [0.2, 0.25) is 0 Å². The minimum atomic E-state index is 0.0604. The second-order valence-corrected chi connectivity index (χ2v) is 3.70. The van der Waals surface area contributed by atoms with Gasteiger partial charge in [0.1, 0.15) is 0 Å². The largest absolute Gasteiger partial charge is 0.369 e. The number of hydrogen-bond donors (Lipinski definition) is 2. The summed E-state index contributed by atoms with van der Waals surface area (Å²) in [6, 6.07) is 0. The van der Waals surface area contributed by atoms with Crippen LogP contribution in [0.15, 0.2) is 10.2 Å². The maximum atomic E-state index is 5.19. The molecule has 2 bridgehead atoms. The predicted octanol–water partition coefficient (Wildman–Crippen LogP) is 0.436. The Hall–Kier alpha value is -1.06. The molecule has 0 amide bonds. The Kier molecular flexibility index (Phi) is 1.75. The van der Waals surface area contributed by atoms with Crippen molar-refractivity contribution in [3.05, 3.63) is 0 Å². The van der Waals surface area contributed by atoms with E-state index in [2.05, 4.69) is 10.2 Å². The van der Waals surface area contributed by atoms with Crippen molar-refractivity contribution in [2.75, 3.05) is 0 Å². The molecule has 2 aliphatic carbocycles. The third-order valence-electron chi connectivity index (χ3n) is 2.80. The minimum absolute atomic E-state index is 0.0604. The predicted molar refractivity (Wildman–Crippen MR) is 48.7 cm³/mol. The molecule has 66 valence electrons. The summed E-state index contributed by atoms with van der Waals surface area (Å²) in [7, 11) is 0. The highest BCUT2D eigenvalue weighted by atomic mass is 15.3. The van der Waals surface area contributed by atoms with Gasteiger partial charge in [-0.25, -0.2) is 0 Å². The number of fused-ring (bicyclic) bond motifs is 2. The Morgan fingerprint density at radius 1 is 1.33 bits per heavy atom. The van der Waals surface area contributed by atoms with Crippen molar-refractivity contribution in [3.63, 3.8) is 0 Å². The first-order valence-electron chi connectivity index (χ1n) is 4.41. The maximum Gasteiger partial charge on any atom is 0.211 e. The van der Waals surface area contributed by atoms with E-state index in [0.717, 1.165) is 12.3 Å². The van der Waals surface area contributed by atoms with E-state index in [9.17, 15) is 0 Å². The number of rotatable bonds is 1. The van der Waals surface area contributed by atoms with Crippen LogP contribution in [0.25, 0.3) is 0 Å². The van der Waals surface area contributed by atoms with Gasteiger partial charge in [-0.3, -0.25) is 0 Å². The fourth-order valence-electron chi connectivity index (χ4n) is 2.27. The molecule has 0 aliphatic heterocycles. The van der Waals surface area contributed by atoms with E-state index in [1.54, 1.807) is 0 Å². The topological polar surface area (TPSA) is 76.8 Å². The Morgan fingerprint density at radius 2 is 2.17 bits per heavy atom. The second kappa shape index (κ2) is 2.77. The van der Waals surface area contributed by atoms with Crippen LogP contribution >= 0.6 is 0 Å². The van der Waals surface area contributed by atoms with Gasteiger partial charge in [0.2, 0.25) is 5.96 Å². The maximum absolute atomic E-state index is 5.19. The van der Waals surface area contributed by atoms with Gasteiger partial charge in [-0.15, -0.1) is 5.10 Å². The van der Waals surface area contributed by atoms with Crippen LogP contribution in [0.1, 0.15) is 25.7 Å². The molecule has 0 aromatic heterocycles. The standard InChI is InChI=1S/C8H14N4/c9-8(10)12-11-7-4-5-1-2-6(7)3-5/h5-6H,1-4H2,(H4,9,10,12)/b11-7+. The summed E-state index contributed by atoms with van der Waals surface area (Å²) >= 11 is 0.